The van der Waals surface area contributed by atoms with Gasteiger partial charge < -0.3 is 15.0 Å². The predicted octanol–water partition coefficient (Wildman–Crippen LogP) is 1.21. The smallest absolute Gasteiger partial charge is 0.134 e. The normalized spacial score (nSPS) is 26.8. The van der Waals surface area contributed by atoms with Crippen molar-refractivity contribution in [2.75, 3.05) is 0 Å². The van der Waals surface area contributed by atoms with Crippen LogP contribution >= 0.6 is 0 Å². The molecule has 0 aliphatic heterocycles. The second-order valence-corrected chi connectivity index (χ2v) is 4.31. The number of hydrogen-bond donors (Lipinski definition) is 1. The summed E-state index contributed by atoms with van der Waals surface area (Å²) >= 11 is 0. The van der Waals surface area contributed by atoms with Gasteiger partial charge in [-0.2, -0.15) is 0 Å². The van der Waals surface area contributed by atoms with E-state index in [9.17, 15) is 0 Å². The maximum atomic E-state index is 5.90. The van der Waals surface area contributed by atoms with Crippen LogP contribution in [0, 0.1) is 0 Å². The summed E-state index contributed by atoms with van der Waals surface area (Å²) in [5.41, 5.74) is 5.90. The molecule has 2 rings (SSSR count). The van der Waals surface area contributed by atoms with Crippen molar-refractivity contribution in [1.82, 2.24) is 9.55 Å². The Hall–Kier alpha value is -0.870. The van der Waals surface area contributed by atoms with E-state index in [0.29, 0.717) is 18.8 Å². The lowest BCUT2D eigenvalue weighted by Crippen LogP contribution is -2.32. The molecule has 2 unspecified atom stereocenters. The van der Waals surface area contributed by atoms with Crippen LogP contribution in [0.15, 0.2) is 12.4 Å². The quantitative estimate of drug-likeness (QED) is 0.814. The molecule has 84 valence electrons. The van der Waals surface area contributed by atoms with E-state index in [2.05, 4.69) is 4.98 Å². The van der Waals surface area contributed by atoms with Crippen LogP contribution in [0.4, 0.5) is 0 Å². The van der Waals surface area contributed by atoms with Crippen LogP contribution in [0.1, 0.15) is 31.5 Å². The van der Waals surface area contributed by atoms with E-state index < -0.39 is 0 Å². The summed E-state index contributed by atoms with van der Waals surface area (Å²) in [6.45, 7) is 0.598. The number of nitrogens with zero attached hydrogens (tertiary/aromatic N) is 2. The minimum absolute atomic E-state index is 0.324. The molecule has 4 heteroatoms. The van der Waals surface area contributed by atoms with Crippen molar-refractivity contribution >= 4 is 0 Å². The van der Waals surface area contributed by atoms with Crippen LogP contribution in [0.25, 0.3) is 0 Å². The summed E-state index contributed by atoms with van der Waals surface area (Å²) in [6.07, 6.45) is 8.51. The molecule has 2 atom stereocenters. The fourth-order valence-corrected chi connectivity index (χ4v) is 2.06. The van der Waals surface area contributed by atoms with Gasteiger partial charge in [0.05, 0.1) is 6.10 Å². The van der Waals surface area contributed by atoms with Crippen LogP contribution in [-0.4, -0.2) is 21.7 Å². The molecule has 0 amide bonds. The number of aryl methyl sites for hydroxylation is 1. The molecule has 15 heavy (non-hydrogen) atoms. The molecule has 0 radical (unpaired) electrons. The number of hydrogen-bond acceptors (Lipinski definition) is 3. The Morgan fingerprint density at radius 1 is 1.60 bits per heavy atom. The first-order chi connectivity index (χ1) is 7.25. The maximum Gasteiger partial charge on any atom is 0.134 e. The summed E-state index contributed by atoms with van der Waals surface area (Å²) in [5.74, 6) is 0.981. The highest BCUT2D eigenvalue weighted by atomic mass is 16.5. The number of rotatable bonds is 3. The highest BCUT2D eigenvalue weighted by molar-refractivity contribution is 4.89. The SMILES string of the molecule is Cn1ccnc1COC1CCCC(N)C1. The second kappa shape index (κ2) is 4.77. The first-order valence-electron chi connectivity index (χ1n) is 5.59. The molecule has 1 fully saturated rings. The molecule has 2 N–H and O–H groups in total. The lowest BCUT2D eigenvalue weighted by atomic mass is 9.94. The number of ether oxygens (including phenoxy) is 1. The average Bonchev–Trinajstić information content (AvgIpc) is 2.61. The first-order valence-corrected chi connectivity index (χ1v) is 5.59. The first kappa shape index (κ1) is 10.6. The zero-order chi connectivity index (χ0) is 10.7. The summed E-state index contributed by atoms with van der Waals surface area (Å²) < 4.78 is 7.80. The van der Waals surface area contributed by atoms with E-state index in [1.165, 1.54) is 6.42 Å². The monoisotopic (exact) mass is 209 g/mol. The third-order valence-electron chi connectivity index (χ3n) is 3.04. The van der Waals surface area contributed by atoms with E-state index in [1.807, 2.05) is 17.8 Å². The van der Waals surface area contributed by atoms with Gasteiger partial charge in [0.15, 0.2) is 0 Å². The lowest BCUT2D eigenvalue weighted by molar-refractivity contribution is 0.00812. The molecule has 1 aliphatic carbocycles. The molecule has 1 aromatic rings. The fourth-order valence-electron chi connectivity index (χ4n) is 2.06. The van der Waals surface area contributed by atoms with Crippen LogP contribution in [0.3, 0.4) is 0 Å². The van der Waals surface area contributed by atoms with E-state index in [-0.39, 0.29) is 0 Å². The van der Waals surface area contributed by atoms with Gasteiger partial charge in [-0.3, -0.25) is 0 Å². The van der Waals surface area contributed by atoms with Crippen molar-refractivity contribution in [3.8, 4) is 0 Å². The Morgan fingerprint density at radius 2 is 2.47 bits per heavy atom. The van der Waals surface area contributed by atoms with Gasteiger partial charge in [0.25, 0.3) is 0 Å². The molecule has 4 nitrogen and oxygen atoms in total. The van der Waals surface area contributed by atoms with Gasteiger partial charge in [-0.1, -0.05) is 0 Å². The molecule has 0 aromatic carbocycles. The van der Waals surface area contributed by atoms with Gasteiger partial charge in [0.1, 0.15) is 12.4 Å². The summed E-state index contributed by atoms with van der Waals surface area (Å²) in [6, 6.07) is 0.324. The molecular formula is C11H19N3O. The second-order valence-electron chi connectivity index (χ2n) is 4.31. The number of aromatic nitrogens is 2. The molecule has 0 saturated heterocycles. The van der Waals surface area contributed by atoms with Crippen molar-refractivity contribution in [2.45, 2.75) is 44.4 Å². The highest BCUT2D eigenvalue weighted by Crippen LogP contribution is 2.20. The van der Waals surface area contributed by atoms with E-state index >= 15 is 0 Å². The van der Waals surface area contributed by atoms with Crippen LogP contribution in [0.2, 0.25) is 0 Å². The molecule has 1 saturated carbocycles. The molecule has 0 bridgehead atoms. The molecule has 1 aromatic heterocycles. The molecular weight excluding hydrogens is 190 g/mol. The largest absolute Gasteiger partial charge is 0.370 e. The van der Waals surface area contributed by atoms with Crippen molar-refractivity contribution < 1.29 is 4.74 Å². The minimum atomic E-state index is 0.324. The van der Waals surface area contributed by atoms with Crippen molar-refractivity contribution in [3.05, 3.63) is 18.2 Å². The van der Waals surface area contributed by atoms with Gasteiger partial charge in [0.2, 0.25) is 0 Å². The Labute approximate surface area is 90.4 Å². The van der Waals surface area contributed by atoms with Gasteiger partial charge in [-0.05, 0) is 25.7 Å². The summed E-state index contributed by atoms with van der Waals surface area (Å²) in [4.78, 5) is 4.23. The zero-order valence-electron chi connectivity index (χ0n) is 9.22. The Balaban J connectivity index is 1.80. The zero-order valence-corrected chi connectivity index (χ0v) is 9.22. The topological polar surface area (TPSA) is 53.1 Å². The Bertz CT molecular complexity index is 311. The van der Waals surface area contributed by atoms with Crippen LogP contribution in [0.5, 0.6) is 0 Å². The standard InChI is InChI=1S/C11H19N3O/c1-14-6-5-13-11(14)8-15-10-4-2-3-9(12)7-10/h5-6,9-10H,2-4,7-8,12H2,1H3. The lowest BCUT2D eigenvalue weighted by Gasteiger charge is -2.26. The molecule has 1 heterocycles. The Morgan fingerprint density at radius 3 is 3.13 bits per heavy atom. The Kier molecular flexibility index (Phi) is 3.38. The highest BCUT2D eigenvalue weighted by Gasteiger charge is 2.19. The summed E-state index contributed by atoms with van der Waals surface area (Å²) in [5, 5.41) is 0. The van der Waals surface area contributed by atoms with Gasteiger partial charge >= 0.3 is 0 Å². The van der Waals surface area contributed by atoms with Gasteiger partial charge in [-0.15, -0.1) is 0 Å². The third-order valence-corrected chi connectivity index (χ3v) is 3.04. The minimum Gasteiger partial charge on any atom is -0.370 e. The van der Waals surface area contributed by atoms with Gasteiger partial charge in [0, 0.05) is 25.5 Å². The van der Waals surface area contributed by atoms with E-state index in [0.717, 1.165) is 25.1 Å². The van der Waals surface area contributed by atoms with Gasteiger partial charge in [-0.25, -0.2) is 4.98 Å². The van der Waals surface area contributed by atoms with Crippen molar-refractivity contribution in [3.63, 3.8) is 0 Å². The number of nitrogens with two attached hydrogens (primary N) is 1. The van der Waals surface area contributed by atoms with Crippen molar-refractivity contribution in [2.24, 2.45) is 12.8 Å². The van der Waals surface area contributed by atoms with Crippen molar-refractivity contribution in [1.29, 1.82) is 0 Å². The van der Waals surface area contributed by atoms with Crippen LogP contribution in [-0.2, 0) is 18.4 Å². The molecule has 0 spiro atoms. The van der Waals surface area contributed by atoms with E-state index in [4.69, 9.17) is 10.5 Å². The summed E-state index contributed by atoms with van der Waals surface area (Å²) in [7, 11) is 1.98. The fraction of sp³-hybridized carbons (Fsp3) is 0.727. The van der Waals surface area contributed by atoms with Crippen LogP contribution < -0.4 is 5.73 Å². The average molecular weight is 209 g/mol. The molecule has 1 aliphatic rings. The number of imidazole rings is 1. The maximum absolute atomic E-state index is 5.90. The van der Waals surface area contributed by atoms with E-state index in [1.54, 1.807) is 6.20 Å². The third kappa shape index (κ3) is 2.79. The predicted molar refractivity (Wildman–Crippen MR) is 58.2 cm³/mol.